The van der Waals surface area contributed by atoms with Gasteiger partial charge in [-0.1, -0.05) is 34.1 Å². The van der Waals surface area contributed by atoms with Gasteiger partial charge in [-0.3, -0.25) is 4.79 Å². The molecule has 30 heavy (non-hydrogen) atoms. The van der Waals surface area contributed by atoms with E-state index in [0.29, 0.717) is 22.6 Å². The molecule has 0 aromatic carbocycles. The van der Waals surface area contributed by atoms with Gasteiger partial charge in [0, 0.05) is 5.92 Å². The van der Waals surface area contributed by atoms with Crippen molar-refractivity contribution >= 4 is 11.6 Å². The lowest BCUT2D eigenvalue weighted by atomic mass is 9.38. The van der Waals surface area contributed by atoms with Crippen molar-refractivity contribution in [2.45, 2.75) is 92.4 Å². The number of Topliss-reactive ketones (excluding diaryl/α,β-unsaturated/α-hetero) is 1. The molecule has 0 saturated heterocycles. The Balaban J connectivity index is 1.55. The van der Waals surface area contributed by atoms with E-state index >= 15 is 0 Å². The van der Waals surface area contributed by atoms with Crippen LogP contribution in [0.3, 0.4) is 0 Å². The summed E-state index contributed by atoms with van der Waals surface area (Å²) in [5, 5.41) is 5.27. The minimum atomic E-state index is 0.114. The molecular weight excluding hydrogens is 372 g/mol. The van der Waals surface area contributed by atoms with Crippen LogP contribution in [0.2, 0.25) is 0 Å². The quantitative estimate of drug-likeness (QED) is 0.301. The smallest absolute Gasteiger partial charge is 0.159 e. The Bertz CT molecular complexity index is 718. The van der Waals surface area contributed by atoms with Gasteiger partial charge < -0.3 is 5.73 Å². The molecule has 4 rings (SSSR count). The fourth-order valence-corrected chi connectivity index (χ4v) is 8.89. The second-order valence-electron chi connectivity index (χ2n) is 12.1. The predicted molar refractivity (Wildman–Crippen MR) is 122 cm³/mol. The SMILES string of the molecule is C/C(N)=N/N(N)CC(=O)[C@H]1CCC2C3CCC4CC(C)CCC4(C)C3(C)CCC21C. The number of fused-ring (bicyclic) bond motifs is 5. The first kappa shape index (κ1) is 22.1. The van der Waals surface area contributed by atoms with Crippen molar-refractivity contribution in [3.05, 3.63) is 0 Å². The highest BCUT2D eigenvalue weighted by atomic mass is 16.1. The molecule has 8 atom stereocenters. The van der Waals surface area contributed by atoms with Crippen molar-refractivity contribution in [2.24, 2.45) is 62.5 Å². The molecule has 0 radical (unpaired) electrons. The number of hydrazine groups is 1. The van der Waals surface area contributed by atoms with Gasteiger partial charge in [0.2, 0.25) is 0 Å². The molecule has 4 N–H and O–H groups in total. The zero-order valence-corrected chi connectivity index (χ0v) is 19.9. The van der Waals surface area contributed by atoms with Crippen molar-refractivity contribution in [3.8, 4) is 0 Å². The van der Waals surface area contributed by atoms with Crippen LogP contribution in [0.25, 0.3) is 0 Å². The van der Waals surface area contributed by atoms with Crippen molar-refractivity contribution in [3.63, 3.8) is 0 Å². The van der Waals surface area contributed by atoms with Gasteiger partial charge in [0.05, 0.1) is 0 Å². The highest BCUT2D eigenvalue weighted by Gasteiger charge is 2.65. The fourth-order valence-electron chi connectivity index (χ4n) is 8.89. The van der Waals surface area contributed by atoms with Crippen molar-refractivity contribution in [2.75, 3.05) is 6.54 Å². The van der Waals surface area contributed by atoms with Crippen LogP contribution in [-0.4, -0.2) is 23.3 Å². The normalized spacial score (nSPS) is 48.5. The third kappa shape index (κ3) is 3.22. The maximum Gasteiger partial charge on any atom is 0.159 e. The van der Waals surface area contributed by atoms with Gasteiger partial charge in [-0.15, -0.1) is 5.10 Å². The van der Waals surface area contributed by atoms with E-state index in [0.717, 1.165) is 24.2 Å². The molecule has 5 nitrogen and oxygen atoms in total. The van der Waals surface area contributed by atoms with E-state index in [2.05, 4.69) is 32.8 Å². The van der Waals surface area contributed by atoms with Crippen LogP contribution in [0.5, 0.6) is 0 Å². The largest absolute Gasteiger partial charge is 0.386 e. The number of hydrazone groups is 1. The Morgan fingerprint density at radius 3 is 2.40 bits per heavy atom. The number of amidine groups is 1. The van der Waals surface area contributed by atoms with Crippen molar-refractivity contribution < 1.29 is 4.79 Å². The summed E-state index contributed by atoms with van der Waals surface area (Å²) in [4.78, 5) is 13.2. The van der Waals surface area contributed by atoms with Crippen molar-refractivity contribution in [1.29, 1.82) is 0 Å². The first-order valence-electron chi connectivity index (χ1n) is 12.4. The van der Waals surface area contributed by atoms with E-state index in [1.165, 1.54) is 56.5 Å². The summed E-state index contributed by atoms with van der Waals surface area (Å²) in [6.45, 7) is 12.0. The summed E-state index contributed by atoms with van der Waals surface area (Å²) in [5.41, 5.74) is 6.66. The van der Waals surface area contributed by atoms with Gasteiger partial charge in [-0.2, -0.15) is 0 Å². The number of nitrogens with two attached hydrogens (primary N) is 2. The predicted octanol–water partition coefficient (Wildman–Crippen LogP) is 4.71. The van der Waals surface area contributed by atoms with Gasteiger partial charge in [0.15, 0.2) is 5.78 Å². The maximum absolute atomic E-state index is 13.2. The molecule has 4 aliphatic rings. The zero-order chi connectivity index (χ0) is 21.9. The van der Waals surface area contributed by atoms with Gasteiger partial charge >= 0.3 is 0 Å². The number of hydrogen-bond donors (Lipinski definition) is 2. The molecule has 0 amide bonds. The molecule has 4 aliphatic carbocycles. The molecule has 0 aromatic rings. The van der Waals surface area contributed by atoms with E-state index in [4.69, 9.17) is 11.6 Å². The first-order chi connectivity index (χ1) is 14.0. The number of carbonyl (C=O) groups excluding carboxylic acids is 1. The number of carbonyl (C=O) groups is 1. The lowest BCUT2D eigenvalue weighted by Gasteiger charge is -2.67. The van der Waals surface area contributed by atoms with Crippen LogP contribution in [0.4, 0.5) is 0 Å². The highest BCUT2D eigenvalue weighted by molar-refractivity contribution is 5.84. The fraction of sp³-hybridized carbons (Fsp3) is 0.920. The van der Waals surface area contributed by atoms with Gasteiger partial charge in [-0.25, -0.2) is 11.0 Å². The molecule has 0 heterocycles. The van der Waals surface area contributed by atoms with Gasteiger partial charge in [-0.05, 0) is 98.2 Å². The first-order valence-corrected chi connectivity index (χ1v) is 12.4. The summed E-state index contributed by atoms with van der Waals surface area (Å²) < 4.78 is 0. The van der Waals surface area contributed by atoms with Crippen LogP contribution in [0, 0.1) is 45.8 Å². The van der Waals surface area contributed by atoms with E-state index in [-0.39, 0.29) is 23.7 Å². The van der Waals surface area contributed by atoms with Gasteiger partial charge in [0.25, 0.3) is 0 Å². The number of rotatable bonds is 4. The standard InChI is InChI=1S/C25H44N4O/c1-16-10-11-24(4)18(14-16)6-7-20-19-8-9-21(22(30)15-29(27)28-17(2)26)23(19,3)12-13-25(20,24)5/h16,18-21H,6-15,27H2,1-5H3,(H2,26,28)/t16?,18?,19?,20?,21-,23?,24?,25?/m1/s1. The Morgan fingerprint density at radius 1 is 1.00 bits per heavy atom. The van der Waals surface area contributed by atoms with E-state index in [1.807, 2.05) is 0 Å². The van der Waals surface area contributed by atoms with E-state index < -0.39 is 0 Å². The van der Waals surface area contributed by atoms with Crippen LogP contribution >= 0.6 is 0 Å². The molecule has 4 saturated carbocycles. The molecule has 0 aliphatic heterocycles. The topological polar surface area (TPSA) is 84.7 Å². The summed E-state index contributed by atoms with van der Waals surface area (Å²) >= 11 is 0. The molecule has 0 spiro atoms. The van der Waals surface area contributed by atoms with E-state index in [1.54, 1.807) is 6.92 Å². The number of ketones is 1. The molecule has 5 heteroatoms. The van der Waals surface area contributed by atoms with Gasteiger partial charge in [0.1, 0.15) is 12.4 Å². The summed E-state index contributed by atoms with van der Waals surface area (Å²) in [7, 11) is 0. The minimum absolute atomic E-state index is 0.114. The zero-order valence-electron chi connectivity index (χ0n) is 19.9. The Kier molecular flexibility index (Phi) is 5.52. The molecule has 4 fully saturated rings. The summed E-state index contributed by atoms with van der Waals surface area (Å²) in [6.07, 6.45) is 11.7. The van der Waals surface area contributed by atoms with Crippen molar-refractivity contribution in [1.82, 2.24) is 5.12 Å². The lowest BCUT2D eigenvalue weighted by Crippen LogP contribution is -2.59. The number of nitrogens with zero attached hydrogens (tertiary/aromatic N) is 2. The monoisotopic (exact) mass is 416 g/mol. The third-order valence-corrected chi connectivity index (χ3v) is 10.8. The molecule has 170 valence electrons. The highest BCUT2D eigenvalue weighted by Crippen LogP contribution is 2.72. The second kappa shape index (κ2) is 7.50. The summed E-state index contributed by atoms with van der Waals surface area (Å²) in [6, 6.07) is 0. The second-order valence-corrected chi connectivity index (χ2v) is 12.1. The average molecular weight is 417 g/mol. The van der Waals surface area contributed by atoms with E-state index in [9.17, 15) is 4.79 Å². The van der Waals surface area contributed by atoms with Crippen LogP contribution in [0.1, 0.15) is 92.4 Å². The Hall–Kier alpha value is -1.10. The van der Waals surface area contributed by atoms with Crippen LogP contribution in [0.15, 0.2) is 5.10 Å². The summed E-state index contributed by atoms with van der Waals surface area (Å²) in [5.74, 6) is 9.91. The van der Waals surface area contributed by atoms with Crippen LogP contribution < -0.4 is 11.6 Å². The van der Waals surface area contributed by atoms with Crippen LogP contribution in [-0.2, 0) is 4.79 Å². The average Bonchev–Trinajstić information content (AvgIpc) is 3.00. The maximum atomic E-state index is 13.2. The molecule has 0 aromatic heterocycles. The Morgan fingerprint density at radius 2 is 1.70 bits per heavy atom. The molecule has 0 bridgehead atoms. The molecule has 7 unspecified atom stereocenters. The third-order valence-electron chi connectivity index (χ3n) is 10.8. The molecular formula is C25H44N4O. The number of hydrogen-bond acceptors (Lipinski definition) is 4. The Labute approximate surface area is 183 Å². The minimum Gasteiger partial charge on any atom is -0.386 e. The lowest BCUT2D eigenvalue weighted by molar-refractivity contribution is -0.179.